The third-order valence-electron chi connectivity index (χ3n) is 7.91. The van der Waals surface area contributed by atoms with E-state index in [0.29, 0.717) is 39.6 Å². The molecule has 10 atom stereocenters. The summed E-state index contributed by atoms with van der Waals surface area (Å²) >= 11 is 0. The van der Waals surface area contributed by atoms with Crippen LogP contribution >= 0.6 is 0 Å². The highest BCUT2D eigenvalue weighted by molar-refractivity contribution is 5.01. The van der Waals surface area contributed by atoms with Gasteiger partial charge in [-0.1, -0.05) is 0 Å². The maximum Gasteiger partial charge on any atom is 0.187 e. The Balaban J connectivity index is 0.933. The Labute approximate surface area is 241 Å². The minimum Gasteiger partial charge on any atom is -0.377 e. The van der Waals surface area contributed by atoms with Gasteiger partial charge in [0.05, 0.1) is 39.6 Å². The molecule has 0 aromatic rings. The van der Waals surface area contributed by atoms with E-state index in [1.165, 1.54) is 0 Å². The first-order valence-corrected chi connectivity index (χ1v) is 14.7. The van der Waals surface area contributed by atoms with Gasteiger partial charge in [0.15, 0.2) is 35.7 Å². The van der Waals surface area contributed by atoms with E-state index >= 15 is 0 Å². The topological polar surface area (TPSA) is 120 Å². The van der Waals surface area contributed by atoms with Crippen molar-refractivity contribution >= 4 is 0 Å². The van der Waals surface area contributed by atoms with Crippen molar-refractivity contribution < 1.29 is 61.6 Å². The second kappa shape index (κ2) is 11.1. The molecule has 0 radical (unpaired) electrons. The van der Waals surface area contributed by atoms with Crippen molar-refractivity contribution in [2.45, 2.75) is 140 Å². The van der Waals surface area contributed by atoms with Crippen molar-refractivity contribution in [3.63, 3.8) is 0 Å². The van der Waals surface area contributed by atoms with Crippen molar-refractivity contribution in [3.05, 3.63) is 0 Å². The molecule has 6 aliphatic heterocycles. The van der Waals surface area contributed by atoms with Gasteiger partial charge < -0.3 is 61.6 Å². The van der Waals surface area contributed by atoms with Gasteiger partial charge >= 0.3 is 0 Å². The molecule has 0 unspecified atom stereocenters. The largest absolute Gasteiger partial charge is 0.377 e. The molecule has 6 saturated heterocycles. The van der Waals surface area contributed by atoms with E-state index in [4.69, 9.17) is 61.6 Å². The van der Waals surface area contributed by atoms with Crippen LogP contribution in [0.5, 0.6) is 0 Å². The zero-order valence-corrected chi connectivity index (χ0v) is 25.3. The van der Waals surface area contributed by atoms with Gasteiger partial charge in [-0.2, -0.15) is 0 Å². The molecule has 0 aromatic carbocycles. The van der Waals surface area contributed by atoms with Crippen LogP contribution in [0.25, 0.3) is 0 Å². The standard InChI is InChI=1S/C28H46O13/c1-25(2)32-13-15(36-25)17-19-21(40-27(5,6)38-19)23(34-17)30-11-9-29-10-12-31-24-22-20(39-28(7,8)41-22)18(35-24)16-14-33-26(3,4)37-16/h15-24H,9-14H2,1-8H3/t15-,16-,17-,18-,19+,20+,21+,22+,23-,24-/m1/s1. The van der Waals surface area contributed by atoms with Gasteiger partial charge in [-0.05, 0) is 55.4 Å². The van der Waals surface area contributed by atoms with Crippen LogP contribution in [0.4, 0.5) is 0 Å². The first-order valence-electron chi connectivity index (χ1n) is 14.7. The highest BCUT2D eigenvalue weighted by Crippen LogP contribution is 2.44. The number of hydrogen-bond donors (Lipinski definition) is 0. The third-order valence-corrected chi connectivity index (χ3v) is 7.91. The molecule has 0 amide bonds. The summed E-state index contributed by atoms with van der Waals surface area (Å²) in [5.74, 6) is -2.81. The fourth-order valence-electron chi connectivity index (χ4n) is 6.35. The predicted molar refractivity (Wildman–Crippen MR) is 138 cm³/mol. The Bertz CT molecular complexity index is 853. The van der Waals surface area contributed by atoms with Gasteiger partial charge in [-0.25, -0.2) is 0 Å². The smallest absolute Gasteiger partial charge is 0.187 e. The molecule has 0 bridgehead atoms. The molecule has 0 N–H and O–H groups in total. The van der Waals surface area contributed by atoms with Crippen molar-refractivity contribution in [1.82, 2.24) is 0 Å². The molecule has 6 rings (SSSR count). The fraction of sp³-hybridized carbons (Fsp3) is 1.00. The first kappa shape index (κ1) is 30.5. The van der Waals surface area contributed by atoms with E-state index in [-0.39, 0.29) is 48.8 Å². The molecular weight excluding hydrogens is 544 g/mol. The predicted octanol–water partition coefficient (Wildman–Crippen LogP) is 1.83. The minimum atomic E-state index is -0.738. The van der Waals surface area contributed by atoms with Gasteiger partial charge in [0.2, 0.25) is 0 Å². The highest BCUT2D eigenvalue weighted by Gasteiger charge is 2.61. The molecule has 0 aliphatic carbocycles. The quantitative estimate of drug-likeness (QED) is 0.345. The molecule has 6 heterocycles. The number of rotatable bonds is 10. The summed E-state index contributed by atoms with van der Waals surface area (Å²) in [7, 11) is 0. The van der Waals surface area contributed by atoms with Crippen LogP contribution in [0.1, 0.15) is 55.4 Å². The van der Waals surface area contributed by atoms with Crippen molar-refractivity contribution in [2.24, 2.45) is 0 Å². The molecule has 6 aliphatic rings. The minimum absolute atomic E-state index is 0.270. The molecule has 236 valence electrons. The maximum absolute atomic E-state index is 6.20. The SMILES string of the molecule is CC1(C)O[C@@H]2[C@H](O1)[C@H](OCCOCCO[C@@H]1O[C@H]([C@H]3COC(C)(C)O3)[C@@H]3OC(C)(C)O[C@H]13)O[C@@H]2[C@H]1COC(C)(C)O1. The highest BCUT2D eigenvalue weighted by atomic mass is 16.8. The van der Waals surface area contributed by atoms with Crippen molar-refractivity contribution in [2.75, 3.05) is 39.6 Å². The lowest BCUT2D eigenvalue weighted by molar-refractivity contribution is -0.252. The lowest BCUT2D eigenvalue weighted by atomic mass is 10.1. The lowest BCUT2D eigenvalue weighted by Gasteiger charge is -2.27. The summed E-state index contributed by atoms with van der Waals surface area (Å²) in [5, 5.41) is 0. The van der Waals surface area contributed by atoms with E-state index in [2.05, 4.69) is 0 Å². The van der Waals surface area contributed by atoms with Crippen LogP contribution in [0, 0.1) is 0 Å². The summed E-state index contributed by atoms with van der Waals surface area (Å²) in [4.78, 5) is 0. The summed E-state index contributed by atoms with van der Waals surface area (Å²) < 4.78 is 78.2. The summed E-state index contributed by atoms with van der Waals surface area (Å²) in [6, 6.07) is 0. The molecule has 13 nitrogen and oxygen atoms in total. The Kier molecular flexibility index (Phi) is 8.28. The van der Waals surface area contributed by atoms with Crippen LogP contribution in [-0.4, -0.2) is 124 Å². The average molecular weight is 591 g/mol. The van der Waals surface area contributed by atoms with Crippen LogP contribution < -0.4 is 0 Å². The molecular formula is C28H46O13. The van der Waals surface area contributed by atoms with Crippen LogP contribution in [0.3, 0.4) is 0 Å². The van der Waals surface area contributed by atoms with E-state index in [1.54, 1.807) is 0 Å². The van der Waals surface area contributed by atoms with Gasteiger partial charge in [0, 0.05) is 0 Å². The normalized spacial score (nSPS) is 45.4. The molecule has 0 spiro atoms. The first-order chi connectivity index (χ1) is 19.2. The summed E-state index contributed by atoms with van der Waals surface area (Å²) in [6.45, 7) is 17.2. The third kappa shape index (κ3) is 6.63. The Hall–Kier alpha value is -0.520. The van der Waals surface area contributed by atoms with Crippen molar-refractivity contribution in [3.8, 4) is 0 Å². The van der Waals surface area contributed by atoms with Crippen LogP contribution in [0.15, 0.2) is 0 Å². The Morgan fingerprint density at radius 3 is 1.22 bits per heavy atom. The number of ether oxygens (including phenoxy) is 13. The van der Waals surface area contributed by atoms with E-state index in [9.17, 15) is 0 Å². The van der Waals surface area contributed by atoms with Gasteiger partial charge in [0.1, 0.15) is 48.8 Å². The van der Waals surface area contributed by atoms with Gasteiger partial charge in [-0.15, -0.1) is 0 Å². The molecule has 41 heavy (non-hydrogen) atoms. The van der Waals surface area contributed by atoms with E-state index in [1.807, 2.05) is 55.4 Å². The summed E-state index contributed by atoms with van der Waals surface area (Å²) in [6.07, 6.45) is -3.84. The zero-order chi connectivity index (χ0) is 29.2. The molecule has 6 fully saturated rings. The van der Waals surface area contributed by atoms with Crippen LogP contribution in [-0.2, 0) is 61.6 Å². The monoisotopic (exact) mass is 590 g/mol. The van der Waals surface area contributed by atoms with Gasteiger partial charge in [0.25, 0.3) is 0 Å². The van der Waals surface area contributed by atoms with Crippen molar-refractivity contribution in [1.29, 1.82) is 0 Å². The Morgan fingerprint density at radius 2 is 0.854 bits per heavy atom. The number of hydrogen-bond acceptors (Lipinski definition) is 13. The lowest BCUT2D eigenvalue weighted by Crippen LogP contribution is -2.40. The molecule has 0 saturated carbocycles. The number of fused-ring (bicyclic) bond motifs is 2. The second-order valence-corrected chi connectivity index (χ2v) is 13.2. The van der Waals surface area contributed by atoms with E-state index < -0.39 is 35.7 Å². The molecule has 0 aromatic heterocycles. The van der Waals surface area contributed by atoms with E-state index in [0.717, 1.165) is 0 Å². The maximum atomic E-state index is 6.20. The fourth-order valence-corrected chi connectivity index (χ4v) is 6.35. The summed E-state index contributed by atoms with van der Waals surface area (Å²) in [5.41, 5.74) is 0. The zero-order valence-electron chi connectivity index (χ0n) is 25.3. The second-order valence-electron chi connectivity index (χ2n) is 13.2. The Morgan fingerprint density at radius 1 is 0.463 bits per heavy atom. The molecule has 13 heteroatoms. The average Bonchev–Trinajstić information content (AvgIpc) is 3.67. The van der Waals surface area contributed by atoms with Gasteiger partial charge in [-0.3, -0.25) is 0 Å². The van der Waals surface area contributed by atoms with Crippen LogP contribution in [0.2, 0.25) is 0 Å².